The van der Waals surface area contributed by atoms with E-state index in [1.807, 2.05) is 0 Å². The maximum absolute atomic E-state index is 5.94. The highest BCUT2D eigenvalue weighted by Crippen LogP contribution is 2.36. The summed E-state index contributed by atoms with van der Waals surface area (Å²) >= 11 is 0. The van der Waals surface area contributed by atoms with Gasteiger partial charge in [-0.05, 0) is 43.9 Å². The van der Waals surface area contributed by atoms with Gasteiger partial charge >= 0.3 is 0 Å². The molecule has 3 N–H and O–H groups in total. The van der Waals surface area contributed by atoms with Crippen molar-refractivity contribution in [2.45, 2.75) is 57.7 Å². The van der Waals surface area contributed by atoms with Gasteiger partial charge in [-0.1, -0.05) is 6.92 Å². The first-order valence-electron chi connectivity index (χ1n) is 7.79. The molecule has 0 amide bonds. The number of hydrogen-bond acceptors (Lipinski definition) is 3. The van der Waals surface area contributed by atoms with Gasteiger partial charge in [-0.3, -0.25) is 4.99 Å². The highest BCUT2D eigenvalue weighted by atomic mass is 16.5. The normalized spacial score (nSPS) is 35.2. The van der Waals surface area contributed by atoms with Crippen LogP contribution in [0.5, 0.6) is 0 Å². The van der Waals surface area contributed by atoms with E-state index in [4.69, 9.17) is 15.2 Å². The molecule has 1 saturated carbocycles. The van der Waals surface area contributed by atoms with Gasteiger partial charge in [0.2, 0.25) is 0 Å². The third-order valence-corrected chi connectivity index (χ3v) is 4.64. The SMILES string of the molecule is COC1CCC(C)(CN=C(N)NCC2CCCO2)CC1. The van der Waals surface area contributed by atoms with Crippen LogP contribution >= 0.6 is 0 Å². The summed E-state index contributed by atoms with van der Waals surface area (Å²) in [6.07, 6.45) is 7.59. The Labute approximate surface area is 122 Å². The van der Waals surface area contributed by atoms with E-state index >= 15 is 0 Å². The lowest BCUT2D eigenvalue weighted by Crippen LogP contribution is -2.38. The molecule has 0 aromatic rings. The first-order valence-corrected chi connectivity index (χ1v) is 7.79. The summed E-state index contributed by atoms with van der Waals surface area (Å²) in [5, 5.41) is 3.18. The first kappa shape index (κ1) is 15.6. The summed E-state index contributed by atoms with van der Waals surface area (Å²) in [5.74, 6) is 0.551. The van der Waals surface area contributed by atoms with Crippen LogP contribution < -0.4 is 11.1 Å². The van der Waals surface area contributed by atoms with Crippen LogP contribution in [0.15, 0.2) is 4.99 Å². The van der Waals surface area contributed by atoms with Crippen LogP contribution in [-0.2, 0) is 9.47 Å². The average molecular weight is 283 g/mol. The minimum Gasteiger partial charge on any atom is -0.381 e. The lowest BCUT2D eigenvalue weighted by molar-refractivity contribution is 0.0352. The number of guanidine groups is 1. The molecule has 0 aromatic heterocycles. The van der Waals surface area contributed by atoms with Crippen molar-refractivity contribution in [3.63, 3.8) is 0 Å². The summed E-state index contributed by atoms with van der Waals surface area (Å²) in [6.45, 7) is 4.75. The molecule has 1 unspecified atom stereocenters. The van der Waals surface area contributed by atoms with Gasteiger partial charge in [-0.15, -0.1) is 0 Å². The second-order valence-corrected chi connectivity index (χ2v) is 6.46. The van der Waals surface area contributed by atoms with Crippen molar-refractivity contribution in [3.05, 3.63) is 0 Å². The zero-order valence-corrected chi connectivity index (χ0v) is 12.9. The molecule has 0 aromatic carbocycles. The number of rotatable bonds is 5. The highest BCUT2D eigenvalue weighted by molar-refractivity contribution is 5.77. The molecule has 1 aliphatic carbocycles. The number of hydrogen-bond donors (Lipinski definition) is 2. The van der Waals surface area contributed by atoms with E-state index in [1.54, 1.807) is 7.11 Å². The summed E-state index contributed by atoms with van der Waals surface area (Å²) < 4.78 is 11.0. The third-order valence-electron chi connectivity index (χ3n) is 4.64. The largest absolute Gasteiger partial charge is 0.381 e. The Hall–Kier alpha value is -0.810. The Bertz CT molecular complexity index is 319. The molecule has 0 radical (unpaired) electrons. The fourth-order valence-electron chi connectivity index (χ4n) is 3.04. The predicted molar refractivity (Wildman–Crippen MR) is 80.8 cm³/mol. The number of nitrogens with one attached hydrogen (secondary N) is 1. The Morgan fingerprint density at radius 1 is 1.40 bits per heavy atom. The molecular weight excluding hydrogens is 254 g/mol. The molecule has 2 aliphatic rings. The van der Waals surface area contributed by atoms with E-state index < -0.39 is 0 Å². The van der Waals surface area contributed by atoms with E-state index in [9.17, 15) is 0 Å². The molecule has 116 valence electrons. The molecule has 1 aliphatic heterocycles. The summed E-state index contributed by atoms with van der Waals surface area (Å²) in [5.41, 5.74) is 6.21. The van der Waals surface area contributed by atoms with E-state index in [2.05, 4.69) is 17.2 Å². The zero-order valence-electron chi connectivity index (χ0n) is 12.9. The van der Waals surface area contributed by atoms with Crippen molar-refractivity contribution < 1.29 is 9.47 Å². The molecule has 1 saturated heterocycles. The minimum atomic E-state index is 0.269. The Kier molecular flexibility index (Phi) is 5.66. The van der Waals surface area contributed by atoms with Crippen LogP contribution in [0, 0.1) is 5.41 Å². The summed E-state index contributed by atoms with van der Waals surface area (Å²) in [6, 6.07) is 0. The van der Waals surface area contributed by atoms with Crippen LogP contribution in [0.25, 0.3) is 0 Å². The van der Waals surface area contributed by atoms with Gasteiger partial charge in [-0.2, -0.15) is 0 Å². The first-order chi connectivity index (χ1) is 9.61. The molecule has 0 bridgehead atoms. The molecule has 2 fully saturated rings. The van der Waals surface area contributed by atoms with Crippen LogP contribution in [0.1, 0.15) is 45.4 Å². The van der Waals surface area contributed by atoms with E-state index in [1.165, 1.54) is 0 Å². The summed E-state index contributed by atoms with van der Waals surface area (Å²) in [7, 11) is 1.80. The minimum absolute atomic E-state index is 0.269. The second-order valence-electron chi connectivity index (χ2n) is 6.46. The Balaban J connectivity index is 1.70. The Morgan fingerprint density at radius 2 is 2.15 bits per heavy atom. The maximum atomic E-state index is 5.94. The van der Waals surface area contributed by atoms with Crippen molar-refractivity contribution in [1.29, 1.82) is 0 Å². The number of nitrogens with two attached hydrogens (primary N) is 1. The molecule has 5 nitrogen and oxygen atoms in total. The standard InChI is InChI=1S/C15H29N3O2/c1-15(7-5-12(19-2)6-8-15)11-18-14(16)17-10-13-4-3-9-20-13/h12-13H,3-11H2,1-2H3,(H3,16,17,18). The van der Waals surface area contributed by atoms with Crippen molar-refractivity contribution in [1.82, 2.24) is 5.32 Å². The van der Waals surface area contributed by atoms with Crippen molar-refractivity contribution in [2.24, 2.45) is 16.1 Å². The lowest BCUT2D eigenvalue weighted by atomic mass is 9.75. The zero-order chi connectivity index (χ0) is 14.4. The van der Waals surface area contributed by atoms with Gasteiger partial charge in [0.1, 0.15) is 0 Å². The monoisotopic (exact) mass is 283 g/mol. The highest BCUT2D eigenvalue weighted by Gasteiger charge is 2.30. The number of ether oxygens (including phenoxy) is 2. The van der Waals surface area contributed by atoms with Crippen LogP contribution in [0.4, 0.5) is 0 Å². The Morgan fingerprint density at radius 3 is 2.75 bits per heavy atom. The van der Waals surface area contributed by atoms with E-state index in [-0.39, 0.29) is 5.41 Å². The van der Waals surface area contributed by atoms with Crippen LogP contribution in [-0.4, -0.2) is 45.0 Å². The molecular formula is C15H29N3O2. The number of methoxy groups -OCH3 is 1. The van der Waals surface area contributed by atoms with Crippen LogP contribution in [0.2, 0.25) is 0 Å². The van der Waals surface area contributed by atoms with Gasteiger partial charge < -0.3 is 20.5 Å². The third kappa shape index (κ3) is 4.63. The summed E-state index contributed by atoms with van der Waals surface area (Å²) in [4.78, 5) is 4.52. The van der Waals surface area contributed by atoms with Gasteiger partial charge in [0.25, 0.3) is 0 Å². The molecule has 1 heterocycles. The van der Waals surface area contributed by atoms with E-state index in [0.29, 0.717) is 18.2 Å². The van der Waals surface area contributed by atoms with E-state index in [0.717, 1.165) is 58.2 Å². The van der Waals surface area contributed by atoms with Crippen molar-refractivity contribution in [3.8, 4) is 0 Å². The van der Waals surface area contributed by atoms with Crippen LogP contribution in [0.3, 0.4) is 0 Å². The maximum Gasteiger partial charge on any atom is 0.188 e. The lowest BCUT2D eigenvalue weighted by Gasteiger charge is -2.35. The van der Waals surface area contributed by atoms with Gasteiger partial charge in [0.05, 0.1) is 12.2 Å². The second kappa shape index (κ2) is 7.27. The quantitative estimate of drug-likeness (QED) is 0.595. The van der Waals surface area contributed by atoms with Gasteiger partial charge in [0.15, 0.2) is 5.96 Å². The smallest absolute Gasteiger partial charge is 0.188 e. The van der Waals surface area contributed by atoms with Gasteiger partial charge in [0, 0.05) is 26.8 Å². The molecule has 5 heteroatoms. The number of aliphatic imine (C=N–C) groups is 1. The average Bonchev–Trinajstić information content (AvgIpc) is 2.97. The van der Waals surface area contributed by atoms with Crippen molar-refractivity contribution >= 4 is 5.96 Å². The molecule has 1 atom stereocenters. The topological polar surface area (TPSA) is 68.9 Å². The molecule has 20 heavy (non-hydrogen) atoms. The number of nitrogens with zero attached hydrogens (tertiary/aromatic N) is 1. The fourth-order valence-corrected chi connectivity index (χ4v) is 3.04. The van der Waals surface area contributed by atoms with Gasteiger partial charge in [-0.25, -0.2) is 0 Å². The molecule has 2 rings (SSSR count). The van der Waals surface area contributed by atoms with Crippen molar-refractivity contribution in [2.75, 3.05) is 26.8 Å². The predicted octanol–water partition coefficient (Wildman–Crippen LogP) is 1.67. The fraction of sp³-hybridized carbons (Fsp3) is 0.933. The molecule has 0 spiro atoms.